The molecule has 19 heavy (non-hydrogen) atoms. The Morgan fingerprint density at radius 3 is 3.21 bits per heavy atom. The molecule has 0 spiro atoms. The molecule has 0 saturated heterocycles. The lowest BCUT2D eigenvalue weighted by molar-refractivity contribution is -0.164. The van der Waals surface area contributed by atoms with Crippen molar-refractivity contribution in [3.8, 4) is 0 Å². The number of rotatable bonds is 3. The monoisotopic (exact) mass is 260 g/mol. The van der Waals surface area contributed by atoms with Crippen molar-refractivity contribution < 1.29 is 13.9 Å². The molecule has 3 saturated carbocycles. The minimum absolute atomic E-state index is 0.0543. The number of furan rings is 1. The van der Waals surface area contributed by atoms with Crippen LogP contribution in [-0.4, -0.2) is 5.97 Å². The van der Waals surface area contributed by atoms with Crippen LogP contribution in [0.5, 0.6) is 0 Å². The lowest BCUT2D eigenvalue weighted by atomic mass is 9.68. The van der Waals surface area contributed by atoms with E-state index in [1.807, 2.05) is 12.1 Å². The molecule has 4 atom stereocenters. The number of esters is 1. The first-order valence-corrected chi connectivity index (χ1v) is 7.50. The van der Waals surface area contributed by atoms with Gasteiger partial charge in [-0.25, -0.2) is 0 Å². The molecule has 0 amide bonds. The van der Waals surface area contributed by atoms with E-state index in [1.165, 1.54) is 32.1 Å². The van der Waals surface area contributed by atoms with Crippen LogP contribution in [0.4, 0.5) is 0 Å². The normalized spacial score (nSPS) is 39.5. The van der Waals surface area contributed by atoms with E-state index in [1.54, 1.807) is 6.26 Å². The number of hydrogen-bond donors (Lipinski definition) is 0. The van der Waals surface area contributed by atoms with Crippen molar-refractivity contribution in [1.82, 2.24) is 0 Å². The highest BCUT2D eigenvalue weighted by Crippen LogP contribution is 2.66. The van der Waals surface area contributed by atoms with Crippen molar-refractivity contribution in [2.75, 3.05) is 0 Å². The third-order valence-corrected chi connectivity index (χ3v) is 5.84. The van der Waals surface area contributed by atoms with E-state index in [-0.39, 0.29) is 18.0 Å². The largest absolute Gasteiger partial charge is 0.466 e. The van der Waals surface area contributed by atoms with E-state index in [0.717, 1.165) is 18.1 Å². The van der Waals surface area contributed by atoms with E-state index in [9.17, 15) is 4.79 Å². The molecule has 0 N–H and O–H groups in total. The van der Waals surface area contributed by atoms with Crippen LogP contribution in [0.1, 0.15) is 44.3 Å². The highest BCUT2D eigenvalue weighted by Gasteiger charge is 2.64. The van der Waals surface area contributed by atoms with Crippen LogP contribution < -0.4 is 0 Å². The summed E-state index contributed by atoms with van der Waals surface area (Å²) in [6.45, 7) is 0.289. The van der Waals surface area contributed by atoms with Crippen LogP contribution >= 0.6 is 0 Å². The van der Waals surface area contributed by atoms with E-state index in [4.69, 9.17) is 9.15 Å². The molecular formula is C16H20O3. The van der Waals surface area contributed by atoms with Gasteiger partial charge in [0, 0.05) is 0 Å². The van der Waals surface area contributed by atoms with Crippen molar-refractivity contribution >= 4 is 5.97 Å². The summed E-state index contributed by atoms with van der Waals surface area (Å²) in [6, 6.07) is 3.69. The van der Waals surface area contributed by atoms with Crippen molar-refractivity contribution in [3.05, 3.63) is 24.2 Å². The first kappa shape index (κ1) is 11.6. The number of fused-ring (bicyclic) bond motifs is 5. The first-order chi connectivity index (χ1) is 9.30. The molecule has 2 bridgehead atoms. The molecule has 0 unspecified atom stereocenters. The number of hydrogen-bond acceptors (Lipinski definition) is 3. The SMILES string of the molecule is O=C(OCc1ccco1)[C@@]12CCC[C@@H]1[C@@H]1CC[C@H]2C1. The average molecular weight is 260 g/mol. The van der Waals surface area contributed by atoms with Gasteiger partial charge >= 0.3 is 5.97 Å². The molecule has 3 fully saturated rings. The third-order valence-electron chi connectivity index (χ3n) is 5.84. The van der Waals surface area contributed by atoms with Gasteiger partial charge in [0.05, 0.1) is 11.7 Å². The zero-order valence-corrected chi connectivity index (χ0v) is 11.1. The summed E-state index contributed by atoms with van der Waals surface area (Å²) >= 11 is 0. The van der Waals surface area contributed by atoms with Gasteiger partial charge in [0.2, 0.25) is 0 Å². The van der Waals surface area contributed by atoms with E-state index < -0.39 is 0 Å². The quantitative estimate of drug-likeness (QED) is 0.780. The Kier molecular flexibility index (Phi) is 2.51. The van der Waals surface area contributed by atoms with Gasteiger partial charge in [0.1, 0.15) is 12.4 Å². The van der Waals surface area contributed by atoms with Gasteiger partial charge in [-0.3, -0.25) is 4.79 Å². The van der Waals surface area contributed by atoms with Gasteiger partial charge in [-0.05, 0) is 62.0 Å². The van der Waals surface area contributed by atoms with Crippen molar-refractivity contribution in [2.24, 2.45) is 23.2 Å². The highest BCUT2D eigenvalue weighted by molar-refractivity contribution is 5.79. The zero-order chi connectivity index (χ0) is 12.9. The molecule has 0 radical (unpaired) electrons. The van der Waals surface area contributed by atoms with Crippen molar-refractivity contribution in [3.63, 3.8) is 0 Å². The maximum Gasteiger partial charge on any atom is 0.313 e. The molecule has 0 aromatic carbocycles. The predicted octanol–water partition coefficient (Wildman–Crippen LogP) is 3.54. The van der Waals surface area contributed by atoms with Crippen molar-refractivity contribution in [2.45, 2.75) is 45.1 Å². The Hall–Kier alpha value is -1.25. The fourth-order valence-corrected chi connectivity index (χ4v) is 5.16. The Morgan fingerprint density at radius 1 is 1.42 bits per heavy atom. The van der Waals surface area contributed by atoms with Crippen LogP contribution in [0.15, 0.2) is 22.8 Å². The second-order valence-corrected chi connectivity index (χ2v) is 6.46. The topological polar surface area (TPSA) is 39.4 Å². The van der Waals surface area contributed by atoms with Crippen LogP contribution in [0, 0.1) is 23.2 Å². The van der Waals surface area contributed by atoms with Gasteiger partial charge in [0.25, 0.3) is 0 Å². The van der Waals surface area contributed by atoms with E-state index in [0.29, 0.717) is 11.8 Å². The molecule has 0 aliphatic heterocycles. The Labute approximate surface area is 113 Å². The fourth-order valence-electron chi connectivity index (χ4n) is 5.16. The third kappa shape index (κ3) is 1.53. The van der Waals surface area contributed by atoms with Crippen LogP contribution in [0.2, 0.25) is 0 Å². The second kappa shape index (κ2) is 4.12. The Morgan fingerprint density at radius 2 is 2.37 bits per heavy atom. The summed E-state index contributed by atoms with van der Waals surface area (Å²) in [5.41, 5.74) is -0.129. The minimum Gasteiger partial charge on any atom is -0.466 e. The average Bonchev–Trinajstić information content (AvgIpc) is 3.14. The Bertz CT molecular complexity index is 478. The van der Waals surface area contributed by atoms with Gasteiger partial charge in [-0.15, -0.1) is 0 Å². The smallest absolute Gasteiger partial charge is 0.313 e. The van der Waals surface area contributed by atoms with Gasteiger partial charge in [-0.1, -0.05) is 6.42 Å². The number of carbonyl (C=O) groups excluding carboxylic acids is 1. The first-order valence-electron chi connectivity index (χ1n) is 7.50. The molecule has 3 nitrogen and oxygen atoms in total. The molecule has 4 rings (SSSR count). The maximum absolute atomic E-state index is 12.7. The molecular weight excluding hydrogens is 240 g/mol. The number of ether oxygens (including phenoxy) is 1. The molecule has 1 heterocycles. The lowest BCUT2D eigenvalue weighted by Gasteiger charge is -2.36. The van der Waals surface area contributed by atoms with Gasteiger partial charge in [0.15, 0.2) is 0 Å². The molecule has 3 aliphatic carbocycles. The fraction of sp³-hybridized carbons (Fsp3) is 0.688. The summed E-state index contributed by atoms with van der Waals surface area (Å²) in [7, 11) is 0. The molecule has 1 aromatic rings. The van der Waals surface area contributed by atoms with Crippen LogP contribution in [-0.2, 0) is 16.1 Å². The predicted molar refractivity (Wildman–Crippen MR) is 69.1 cm³/mol. The van der Waals surface area contributed by atoms with E-state index >= 15 is 0 Å². The second-order valence-electron chi connectivity index (χ2n) is 6.46. The van der Waals surface area contributed by atoms with Gasteiger partial charge < -0.3 is 9.15 Å². The molecule has 102 valence electrons. The van der Waals surface area contributed by atoms with Gasteiger partial charge in [-0.2, -0.15) is 0 Å². The molecule has 3 aliphatic rings. The summed E-state index contributed by atoms with van der Waals surface area (Å²) in [5, 5.41) is 0. The summed E-state index contributed by atoms with van der Waals surface area (Å²) in [5.74, 6) is 2.79. The number of carbonyl (C=O) groups is 1. The van der Waals surface area contributed by atoms with Crippen LogP contribution in [0.3, 0.4) is 0 Å². The lowest BCUT2D eigenvalue weighted by Crippen LogP contribution is -2.41. The minimum atomic E-state index is -0.129. The summed E-state index contributed by atoms with van der Waals surface area (Å²) in [4.78, 5) is 12.7. The standard InChI is InChI=1S/C16H20O3/c17-15(19-10-13-3-2-8-18-13)16-7-1-4-14(16)11-5-6-12(16)9-11/h2-3,8,11-12,14H,1,4-7,9-10H2/t11-,12+,14-,16-/m1/s1. The summed E-state index contributed by atoms with van der Waals surface area (Å²) < 4.78 is 10.8. The maximum atomic E-state index is 12.7. The highest BCUT2D eigenvalue weighted by atomic mass is 16.5. The Balaban J connectivity index is 1.52. The molecule has 1 aromatic heterocycles. The van der Waals surface area contributed by atoms with Crippen molar-refractivity contribution in [1.29, 1.82) is 0 Å². The summed E-state index contributed by atoms with van der Waals surface area (Å²) in [6.07, 6.45) is 8.94. The van der Waals surface area contributed by atoms with E-state index in [2.05, 4.69) is 0 Å². The molecule has 3 heteroatoms. The zero-order valence-electron chi connectivity index (χ0n) is 11.1. The van der Waals surface area contributed by atoms with Crippen LogP contribution in [0.25, 0.3) is 0 Å².